The summed E-state index contributed by atoms with van der Waals surface area (Å²) in [4.78, 5) is 23.7. The van der Waals surface area contributed by atoms with Crippen molar-refractivity contribution in [1.29, 1.82) is 0 Å². The van der Waals surface area contributed by atoms with Crippen molar-refractivity contribution in [3.63, 3.8) is 0 Å². The molecule has 4 atom stereocenters. The topological polar surface area (TPSA) is 359 Å². The third-order valence-electron chi connectivity index (χ3n) is 7.23. The van der Waals surface area contributed by atoms with Crippen LogP contribution in [0.4, 0.5) is 47.1 Å². The predicted molar refractivity (Wildman–Crippen MR) is 205 cm³/mol. The first-order valence-corrected chi connectivity index (χ1v) is 19.4. The summed E-state index contributed by atoms with van der Waals surface area (Å²) in [5, 5.41) is 63.9. The first-order chi connectivity index (χ1) is 26.4. The van der Waals surface area contributed by atoms with Gasteiger partial charge in [0.15, 0.2) is 0 Å². The normalized spacial score (nSPS) is 14.1. The highest BCUT2D eigenvalue weighted by atomic mass is 32.2. The highest BCUT2D eigenvalue weighted by Gasteiger charge is 2.20. The Morgan fingerprint density at radius 1 is 0.536 bits per heavy atom. The lowest BCUT2D eigenvalue weighted by Crippen LogP contribution is -2.26. The van der Waals surface area contributed by atoms with E-state index in [0.29, 0.717) is 0 Å². The Hall–Kier alpha value is -5.38. The fourth-order valence-electron chi connectivity index (χ4n) is 4.50. The molecule has 0 amide bonds. The van der Waals surface area contributed by atoms with E-state index in [0.717, 1.165) is 12.1 Å². The van der Waals surface area contributed by atoms with E-state index in [2.05, 4.69) is 61.8 Å². The smallest absolute Gasteiger partial charge is 0.295 e. The highest BCUT2D eigenvalue weighted by Crippen LogP contribution is 2.28. The highest BCUT2D eigenvalue weighted by molar-refractivity contribution is 7.86. The van der Waals surface area contributed by atoms with Crippen LogP contribution >= 0.6 is 0 Å². The Labute approximate surface area is 321 Å². The molecule has 0 saturated heterocycles. The van der Waals surface area contributed by atoms with Crippen LogP contribution in [-0.4, -0.2) is 132 Å². The Bertz CT molecular complexity index is 2020. The van der Waals surface area contributed by atoms with Gasteiger partial charge in [0.1, 0.15) is 16.0 Å². The van der Waals surface area contributed by atoms with Gasteiger partial charge in [-0.1, -0.05) is 24.3 Å². The molecule has 25 heteroatoms. The molecule has 4 aromatic rings. The molecule has 0 aliphatic rings. The van der Waals surface area contributed by atoms with Gasteiger partial charge in [-0.25, -0.2) is 0 Å². The SMILES string of the molecule is CC(CO)Nc1nc(Nc2ccc(/C=C/c3ccc(Nc4nc(NC(C)CO)nc(NC(O)CO)n4)cc3S(=O)(=O)O)c(S(=O)(=O)O)c2)nc(NC(C)CO)n1. The molecule has 304 valence electrons. The van der Waals surface area contributed by atoms with Gasteiger partial charge in [0.05, 0.1) is 26.4 Å². The molecule has 0 saturated carbocycles. The number of rotatable bonds is 20. The number of aromatic nitrogens is 6. The predicted octanol–water partition coefficient (Wildman–Crippen LogP) is 0.308. The van der Waals surface area contributed by atoms with Gasteiger partial charge < -0.3 is 57.4 Å². The molecule has 2 aromatic heterocycles. The van der Waals surface area contributed by atoms with Crippen LogP contribution in [0.5, 0.6) is 0 Å². The standard InChI is InChI=1S/C31H42N12O11S2/c1-16(12-44)32-26-38-27(33-17(2)13-45)40-29(39-26)35-21-8-6-19(23(10-21)55(49,50)51)4-5-20-7-9-22(11-24(20)56(52,53)54)36-30-41-28(34-18(3)14-46)42-31(43-30)37-25(48)15-47/h4-11,16-18,25,44-48H,12-15H2,1-3H3,(H,49,50,51)(H,52,53,54)(H3,32,33,35,38,39,40)(H3,34,36,37,41,42,43)/b5-4+. The average Bonchev–Trinajstić information content (AvgIpc) is 3.13. The van der Waals surface area contributed by atoms with Crippen LogP contribution in [0.25, 0.3) is 12.2 Å². The average molecular weight is 823 g/mol. The largest absolute Gasteiger partial charge is 0.394 e. The Kier molecular flexibility index (Phi) is 14.7. The third kappa shape index (κ3) is 12.6. The Balaban J connectivity index is 1.67. The fourth-order valence-corrected chi connectivity index (χ4v) is 5.92. The lowest BCUT2D eigenvalue weighted by molar-refractivity contribution is 0.116. The monoisotopic (exact) mass is 822 g/mol. The molecule has 4 rings (SSSR count). The minimum absolute atomic E-state index is 0.0458. The molecule has 23 nitrogen and oxygen atoms in total. The van der Waals surface area contributed by atoms with E-state index in [9.17, 15) is 51.5 Å². The summed E-state index contributed by atoms with van der Waals surface area (Å²) in [6.45, 7) is 3.52. The molecule has 0 bridgehead atoms. The van der Waals surface area contributed by atoms with E-state index in [4.69, 9.17) is 0 Å². The van der Waals surface area contributed by atoms with Crippen LogP contribution in [0.15, 0.2) is 46.2 Å². The number of nitrogens with zero attached hydrogens (tertiary/aromatic N) is 6. The van der Waals surface area contributed by atoms with Crippen molar-refractivity contribution in [2.24, 2.45) is 0 Å². The number of nitrogens with one attached hydrogen (secondary N) is 6. The van der Waals surface area contributed by atoms with Gasteiger partial charge in [0, 0.05) is 29.5 Å². The maximum absolute atomic E-state index is 12.5. The summed E-state index contributed by atoms with van der Waals surface area (Å²) in [7, 11) is -9.79. The van der Waals surface area contributed by atoms with Crippen LogP contribution in [0.3, 0.4) is 0 Å². The van der Waals surface area contributed by atoms with E-state index in [1.165, 1.54) is 36.4 Å². The molecule has 0 fully saturated rings. The second-order valence-corrected chi connectivity index (χ2v) is 15.0. The quantitative estimate of drug-likeness (QED) is 0.0324. The van der Waals surface area contributed by atoms with Crippen molar-refractivity contribution < 1.29 is 51.5 Å². The van der Waals surface area contributed by atoms with Gasteiger partial charge in [0.25, 0.3) is 20.2 Å². The van der Waals surface area contributed by atoms with E-state index >= 15 is 0 Å². The zero-order valence-electron chi connectivity index (χ0n) is 30.0. The molecule has 0 spiro atoms. The van der Waals surface area contributed by atoms with Crippen molar-refractivity contribution in [3.8, 4) is 0 Å². The maximum atomic E-state index is 12.5. The van der Waals surface area contributed by atoms with Crippen molar-refractivity contribution in [3.05, 3.63) is 47.5 Å². The van der Waals surface area contributed by atoms with Gasteiger partial charge in [0.2, 0.25) is 35.7 Å². The zero-order chi connectivity index (χ0) is 41.2. The summed E-state index contributed by atoms with van der Waals surface area (Å²) < 4.78 is 70.2. The van der Waals surface area contributed by atoms with Gasteiger partial charge in [-0.2, -0.15) is 46.7 Å². The zero-order valence-corrected chi connectivity index (χ0v) is 31.7. The minimum atomic E-state index is -4.91. The number of hydrogen-bond donors (Lipinski definition) is 13. The Morgan fingerprint density at radius 3 is 1.16 bits per heavy atom. The van der Waals surface area contributed by atoms with Gasteiger partial charge in [-0.3, -0.25) is 9.11 Å². The van der Waals surface area contributed by atoms with Crippen LogP contribution in [0.1, 0.15) is 31.9 Å². The first kappa shape index (κ1) is 43.3. The van der Waals surface area contributed by atoms with Gasteiger partial charge >= 0.3 is 0 Å². The van der Waals surface area contributed by atoms with Gasteiger partial charge in [-0.05, 0) is 56.2 Å². The molecule has 4 unspecified atom stereocenters. The lowest BCUT2D eigenvalue weighted by atomic mass is 10.1. The number of anilines is 8. The second kappa shape index (κ2) is 19.0. The number of aliphatic hydroxyl groups excluding tert-OH is 5. The third-order valence-corrected chi connectivity index (χ3v) is 9.04. The minimum Gasteiger partial charge on any atom is -0.394 e. The van der Waals surface area contributed by atoms with Crippen LogP contribution in [0.2, 0.25) is 0 Å². The number of benzene rings is 2. The Morgan fingerprint density at radius 2 is 0.857 bits per heavy atom. The molecule has 56 heavy (non-hydrogen) atoms. The molecule has 0 aliphatic heterocycles. The van der Waals surface area contributed by atoms with E-state index in [-0.39, 0.29) is 78.0 Å². The molecule has 0 radical (unpaired) electrons. The van der Waals surface area contributed by atoms with E-state index in [1.54, 1.807) is 20.8 Å². The summed E-state index contributed by atoms with van der Waals surface area (Å²) >= 11 is 0. The fraction of sp³-hybridized carbons (Fsp3) is 0.355. The molecule has 0 aliphatic carbocycles. The molecule has 13 N–H and O–H groups in total. The van der Waals surface area contributed by atoms with E-state index < -0.39 is 61.0 Å². The van der Waals surface area contributed by atoms with Gasteiger partial charge in [-0.15, -0.1) is 0 Å². The summed E-state index contributed by atoms with van der Waals surface area (Å²) in [5.41, 5.74) is -0.0207. The summed E-state index contributed by atoms with van der Waals surface area (Å²) in [6.07, 6.45) is 0.945. The van der Waals surface area contributed by atoms with Crippen LogP contribution in [0, 0.1) is 0 Å². The second-order valence-electron chi connectivity index (χ2n) is 12.2. The van der Waals surface area contributed by atoms with Crippen molar-refractivity contribution in [1.82, 2.24) is 29.9 Å². The lowest BCUT2D eigenvalue weighted by Gasteiger charge is -2.16. The number of aliphatic hydroxyl groups is 5. The molecule has 2 aromatic carbocycles. The molecule has 2 heterocycles. The first-order valence-electron chi connectivity index (χ1n) is 16.6. The molecular weight excluding hydrogens is 781 g/mol. The van der Waals surface area contributed by atoms with Crippen molar-refractivity contribution >= 4 is 79.5 Å². The van der Waals surface area contributed by atoms with Crippen molar-refractivity contribution in [2.75, 3.05) is 58.3 Å². The van der Waals surface area contributed by atoms with Crippen LogP contribution < -0.4 is 31.9 Å². The number of hydrogen-bond acceptors (Lipinski definition) is 21. The maximum Gasteiger partial charge on any atom is 0.295 e. The summed E-state index contributed by atoms with van der Waals surface area (Å²) in [5.74, 6) is -0.406. The van der Waals surface area contributed by atoms with Crippen LogP contribution in [-0.2, 0) is 20.2 Å². The molecular formula is C31H42N12O11S2. The van der Waals surface area contributed by atoms with Crippen molar-refractivity contribution in [2.45, 2.75) is 54.9 Å². The summed E-state index contributed by atoms with van der Waals surface area (Å²) in [6, 6.07) is 6.10. The van der Waals surface area contributed by atoms with E-state index in [1.807, 2.05) is 0 Å².